The summed E-state index contributed by atoms with van der Waals surface area (Å²) in [4.78, 5) is 22.4. The van der Waals surface area contributed by atoms with Crippen LogP contribution in [0.15, 0.2) is 30.3 Å². The monoisotopic (exact) mass is 266 g/mol. The Kier molecular flexibility index (Phi) is 5.09. The van der Waals surface area contributed by atoms with Gasteiger partial charge in [-0.05, 0) is 5.56 Å². The van der Waals surface area contributed by atoms with Gasteiger partial charge < -0.3 is 8.85 Å². The summed E-state index contributed by atoms with van der Waals surface area (Å²) in [6.07, 6.45) is 0. The molecule has 18 heavy (non-hydrogen) atoms. The first-order valence-corrected chi connectivity index (χ1v) is 8.13. The van der Waals surface area contributed by atoms with Crippen LogP contribution in [0.4, 0.5) is 0 Å². The first-order chi connectivity index (χ1) is 8.47. The highest BCUT2D eigenvalue weighted by Crippen LogP contribution is 2.20. The minimum atomic E-state index is -2.84. The highest BCUT2D eigenvalue weighted by molar-refractivity contribution is 6.69. The van der Waals surface area contributed by atoms with Gasteiger partial charge in [0.1, 0.15) is 0 Å². The summed E-state index contributed by atoms with van der Waals surface area (Å²) in [5.74, 6) is -0.804. The molecule has 0 radical (unpaired) electrons. The molecule has 98 valence electrons. The average molecular weight is 266 g/mol. The fourth-order valence-electron chi connectivity index (χ4n) is 1.79. The Labute approximate surface area is 108 Å². The van der Waals surface area contributed by atoms with E-state index >= 15 is 0 Å². The minimum absolute atomic E-state index is 0.402. The lowest BCUT2D eigenvalue weighted by atomic mass is 10.2. The summed E-state index contributed by atoms with van der Waals surface area (Å²) in [6, 6.07) is 10.6. The van der Waals surface area contributed by atoms with E-state index in [9.17, 15) is 9.59 Å². The number of benzene rings is 1. The maximum atomic E-state index is 11.2. The van der Waals surface area contributed by atoms with Crippen molar-refractivity contribution in [2.24, 2.45) is 0 Å². The van der Waals surface area contributed by atoms with Crippen LogP contribution < -0.4 is 0 Å². The van der Waals surface area contributed by atoms with Crippen LogP contribution in [-0.4, -0.2) is 20.5 Å². The topological polar surface area (TPSA) is 52.6 Å². The predicted molar refractivity (Wildman–Crippen MR) is 69.9 cm³/mol. The van der Waals surface area contributed by atoms with Gasteiger partial charge in [-0.2, -0.15) is 0 Å². The van der Waals surface area contributed by atoms with Crippen molar-refractivity contribution in [3.63, 3.8) is 0 Å². The van der Waals surface area contributed by atoms with Crippen molar-refractivity contribution < 1.29 is 18.4 Å². The molecule has 0 saturated carbocycles. The standard InChI is InChI=1S/C13H18O4Si/c1-4-18(16-11(2)14,17-12(3)15)10-13-8-6-5-7-9-13/h5-9H,4,10H2,1-3H3. The van der Waals surface area contributed by atoms with Crippen molar-refractivity contribution in [2.45, 2.75) is 32.9 Å². The molecule has 0 amide bonds. The van der Waals surface area contributed by atoms with Gasteiger partial charge in [-0.1, -0.05) is 37.3 Å². The van der Waals surface area contributed by atoms with Crippen LogP contribution in [0.1, 0.15) is 26.3 Å². The molecule has 0 spiro atoms. The number of hydrogen-bond donors (Lipinski definition) is 0. The zero-order chi connectivity index (χ0) is 13.6. The molecule has 0 aliphatic heterocycles. The molecule has 1 rings (SSSR count). The lowest BCUT2D eigenvalue weighted by Gasteiger charge is -2.27. The smallest absolute Gasteiger partial charge is 0.468 e. The second kappa shape index (κ2) is 6.35. The zero-order valence-electron chi connectivity index (χ0n) is 10.9. The summed E-state index contributed by atoms with van der Waals surface area (Å²) < 4.78 is 10.7. The van der Waals surface area contributed by atoms with Gasteiger partial charge in [0.15, 0.2) is 0 Å². The normalized spacial score (nSPS) is 10.8. The highest BCUT2D eigenvalue weighted by atomic mass is 28.4. The number of hydrogen-bond acceptors (Lipinski definition) is 4. The van der Waals surface area contributed by atoms with Gasteiger partial charge in [-0.25, -0.2) is 0 Å². The van der Waals surface area contributed by atoms with E-state index in [4.69, 9.17) is 8.85 Å². The second-order valence-electron chi connectivity index (χ2n) is 4.11. The van der Waals surface area contributed by atoms with E-state index in [1.807, 2.05) is 37.3 Å². The Bertz CT molecular complexity index is 400. The summed E-state index contributed by atoms with van der Waals surface area (Å²) in [5, 5.41) is 0. The van der Waals surface area contributed by atoms with Crippen molar-refractivity contribution in [1.82, 2.24) is 0 Å². The Morgan fingerprint density at radius 1 is 1.06 bits per heavy atom. The summed E-state index contributed by atoms with van der Waals surface area (Å²) in [6.45, 7) is 4.55. The lowest BCUT2D eigenvalue weighted by molar-refractivity contribution is -0.139. The molecule has 0 heterocycles. The van der Waals surface area contributed by atoms with Crippen LogP contribution in [0.25, 0.3) is 0 Å². The molecule has 0 aliphatic carbocycles. The Morgan fingerprint density at radius 3 is 1.94 bits per heavy atom. The molecule has 0 atom stereocenters. The molecule has 1 aromatic carbocycles. The van der Waals surface area contributed by atoms with Crippen LogP contribution in [0.2, 0.25) is 6.04 Å². The van der Waals surface area contributed by atoms with E-state index in [0.29, 0.717) is 12.1 Å². The third-order valence-electron chi connectivity index (χ3n) is 2.51. The van der Waals surface area contributed by atoms with Crippen molar-refractivity contribution in [3.8, 4) is 0 Å². The number of carbonyl (C=O) groups is 2. The number of rotatable bonds is 5. The maximum absolute atomic E-state index is 11.2. The van der Waals surface area contributed by atoms with Crippen molar-refractivity contribution in [2.75, 3.05) is 0 Å². The van der Waals surface area contributed by atoms with E-state index in [-0.39, 0.29) is 0 Å². The fraction of sp³-hybridized carbons (Fsp3) is 0.385. The molecule has 0 aliphatic rings. The summed E-state index contributed by atoms with van der Waals surface area (Å²) in [5.41, 5.74) is 1.01. The van der Waals surface area contributed by atoms with Gasteiger partial charge in [0, 0.05) is 25.9 Å². The SMILES string of the molecule is CC[Si](Cc1ccccc1)(OC(C)=O)OC(C)=O. The van der Waals surface area contributed by atoms with Gasteiger partial charge in [-0.3, -0.25) is 9.59 Å². The van der Waals surface area contributed by atoms with Gasteiger partial charge in [0.2, 0.25) is 0 Å². The predicted octanol–water partition coefficient (Wildman–Crippen LogP) is 2.36. The first-order valence-electron chi connectivity index (χ1n) is 5.90. The Balaban J connectivity index is 2.94. The lowest BCUT2D eigenvalue weighted by Crippen LogP contribution is -2.47. The third-order valence-corrected chi connectivity index (χ3v) is 5.86. The summed E-state index contributed by atoms with van der Waals surface area (Å²) >= 11 is 0. The second-order valence-corrected chi connectivity index (χ2v) is 7.40. The molecular formula is C13H18O4Si. The van der Waals surface area contributed by atoms with Crippen LogP contribution in [-0.2, 0) is 24.5 Å². The Morgan fingerprint density at radius 2 is 1.56 bits per heavy atom. The minimum Gasteiger partial charge on any atom is -0.485 e. The molecule has 0 aromatic heterocycles. The van der Waals surface area contributed by atoms with E-state index in [2.05, 4.69) is 0 Å². The zero-order valence-corrected chi connectivity index (χ0v) is 11.9. The molecule has 4 nitrogen and oxygen atoms in total. The first kappa shape index (κ1) is 14.4. The molecule has 0 saturated heterocycles. The van der Waals surface area contributed by atoms with Gasteiger partial charge in [0.05, 0.1) is 0 Å². The third kappa shape index (κ3) is 4.33. The van der Waals surface area contributed by atoms with Gasteiger partial charge in [0.25, 0.3) is 11.9 Å². The van der Waals surface area contributed by atoms with Crippen molar-refractivity contribution in [3.05, 3.63) is 35.9 Å². The van der Waals surface area contributed by atoms with E-state index in [1.165, 1.54) is 13.8 Å². The van der Waals surface area contributed by atoms with Gasteiger partial charge >= 0.3 is 8.56 Å². The highest BCUT2D eigenvalue weighted by Gasteiger charge is 2.42. The van der Waals surface area contributed by atoms with E-state index in [0.717, 1.165) is 5.56 Å². The van der Waals surface area contributed by atoms with Crippen LogP contribution in [0.3, 0.4) is 0 Å². The van der Waals surface area contributed by atoms with Crippen molar-refractivity contribution >= 4 is 20.5 Å². The molecule has 5 heteroatoms. The Hall–Kier alpha value is -1.62. The molecular weight excluding hydrogens is 248 g/mol. The molecule has 0 N–H and O–H groups in total. The van der Waals surface area contributed by atoms with Crippen LogP contribution in [0.5, 0.6) is 0 Å². The van der Waals surface area contributed by atoms with Gasteiger partial charge in [-0.15, -0.1) is 0 Å². The van der Waals surface area contributed by atoms with E-state index in [1.54, 1.807) is 0 Å². The molecule has 0 fully saturated rings. The largest absolute Gasteiger partial charge is 0.485 e. The summed E-state index contributed by atoms with van der Waals surface area (Å²) in [7, 11) is -2.84. The van der Waals surface area contributed by atoms with Crippen LogP contribution >= 0.6 is 0 Å². The fourth-order valence-corrected chi connectivity index (χ4v) is 4.42. The van der Waals surface area contributed by atoms with Crippen molar-refractivity contribution in [1.29, 1.82) is 0 Å². The van der Waals surface area contributed by atoms with Crippen LogP contribution in [0, 0.1) is 0 Å². The average Bonchev–Trinajstić information content (AvgIpc) is 2.28. The molecule has 1 aromatic rings. The molecule has 0 unspecified atom stereocenters. The quantitative estimate of drug-likeness (QED) is 0.768. The number of carbonyl (C=O) groups excluding carboxylic acids is 2. The maximum Gasteiger partial charge on any atom is 0.468 e. The van der Waals surface area contributed by atoms with E-state index < -0.39 is 20.5 Å². The molecule has 0 bridgehead atoms.